The number of thioether (sulfide) groups is 1. The zero-order valence-corrected chi connectivity index (χ0v) is 21.5. The molecule has 0 bridgehead atoms. The number of ether oxygens (including phenoxy) is 2. The van der Waals surface area contributed by atoms with Crippen molar-refractivity contribution in [1.82, 2.24) is 20.1 Å². The Bertz CT molecular complexity index is 1380. The Morgan fingerprint density at radius 1 is 1.06 bits per heavy atom. The topological polar surface area (TPSA) is 78.3 Å². The minimum Gasteiger partial charge on any atom is -0.497 e. The second kappa shape index (κ2) is 11.5. The van der Waals surface area contributed by atoms with Crippen LogP contribution in [0.3, 0.4) is 0 Å². The smallest absolute Gasteiger partial charge is 0.255 e. The predicted molar refractivity (Wildman–Crippen MR) is 138 cm³/mol. The molecule has 4 aromatic rings. The van der Waals surface area contributed by atoms with Crippen LogP contribution in [0.4, 0.5) is 4.39 Å². The second-order valence-corrected chi connectivity index (χ2v) is 9.21. The Hall–Kier alpha value is -3.56. The second-order valence-electron chi connectivity index (χ2n) is 7.83. The summed E-state index contributed by atoms with van der Waals surface area (Å²) in [4.78, 5) is 13.0. The highest BCUT2D eigenvalue weighted by atomic mass is 35.5. The predicted octanol–water partition coefficient (Wildman–Crippen LogP) is 5.61. The minimum atomic E-state index is -0.326. The van der Waals surface area contributed by atoms with Gasteiger partial charge in [-0.05, 0) is 54.4 Å². The van der Waals surface area contributed by atoms with E-state index in [1.807, 2.05) is 29.7 Å². The number of nitrogens with one attached hydrogen (secondary N) is 1. The van der Waals surface area contributed by atoms with E-state index < -0.39 is 0 Å². The first kappa shape index (κ1) is 25.5. The number of aryl methyl sites for hydroxylation is 1. The fourth-order valence-electron chi connectivity index (χ4n) is 3.54. The number of aromatic nitrogens is 3. The molecule has 1 aromatic heterocycles. The number of nitrogens with zero attached hydrogens (tertiary/aromatic N) is 3. The number of hydrogen-bond donors (Lipinski definition) is 1. The van der Waals surface area contributed by atoms with Gasteiger partial charge in [-0.25, -0.2) is 4.39 Å². The molecular weight excluding hydrogens is 503 g/mol. The van der Waals surface area contributed by atoms with E-state index in [9.17, 15) is 9.18 Å². The first-order chi connectivity index (χ1) is 17.4. The number of methoxy groups -OCH3 is 2. The van der Waals surface area contributed by atoms with Crippen LogP contribution in [0.5, 0.6) is 11.5 Å². The summed E-state index contributed by atoms with van der Waals surface area (Å²) in [6.07, 6.45) is 0. The molecule has 0 aliphatic heterocycles. The van der Waals surface area contributed by atoms with Crippen molar-refractivity contribution >= 4 is 29.3 Å². The summed E-state index contributed by atoms with van der Waals surface area (Å²) in [6, 6.07) is 16.9. The summed E-state index contributed by atoms with van der Waals surface area (Å²) < 4.78 is 25.7. The van der Waals surface area contributed by atoms with Crippen LogP contribution in [0, 0.1) is 12.7 Å². The number of hydrogen-bond acceptors (Lipinski definition) is 6. The van der Waals surface area contributed by atoms with Crippen LogP contribution in [0.15, 0.2) is 65.8 Å². The Kier molecular flexibility index (Phi) is 8.12. The van der Waals surface area contributed by atoms with Gasteiger partial charge in [0, 0.05) is 16.8 Å². The molecule has 0 spiro atoms. The van der Waals surface area contributed by atoms with Gasteiger partial charge in [0.15, 0.2) is 11.0 Å². The molecule has 1 heterocycles. The van der Waals surface area contributed by atoms with Gasteiger partial charge in [0.2, 0.25) is 0 Å². The van der Waals surface area contributed by atoms with Gasteiger partial charge in [-0.3, -0.25) is 9.36 Å². The summed E-state index contributed by atoms with van der Waals surface area (Å²) in [5.74, 6) is 1.47. The molecule has 1 N–H and O–H groups in total. The van der Waals surface area contributed by atoms with Crippen molar-refractivity contribution < 1.29 is 18.7 Å². The van der Waals surface area contributed by atoms with Gasteiger partial charge in [-0.15, -0.1) is 10.2 Å². The van der Waals surface area contributed by atoms with Crippen LogP contribution >= 0.6 is 23.4 Å². The average Bonchev–Trinajstić information content (AvgIpc) is 3.30. The van der Waals surface area contributed by atoms with Crippen molar-refractivity contribution in [3.05, 3.63) is 94.0 Å². The van der Waals surface area contributed by atoms with Crippen LogP contribution in [-0.4, -0.2) is 34.9 Å². The molecule has 3 aromatic carbocycles. The third-order valence-corrected chi connectivity index (χ3v) is 6.69. The van der Waals surface area contributed by atoms with Crippen molar-refractivity contribution in [2.45, 2.75) is 24.4 Å². The zero-order chi connectivity index (χ0) is 25.7. The van der Waals surface area contributed by atoms with Gasteiger partial charge < -0.3 is 14.8 Å². The zero-order valence-electron chi connectivity index (χ0n) is 19.9. The SMILES string of the molecule is COc1ccc(C(=O)NCc2nnc(SCc3ccc(F)cc3)n2-c2cc(Cl)ccc2C)c(OC)c1. The highest BCUT2D eigenvalue weighted by Crippen LogP contribution is 2.29. The Balaban J connectivity index is 1.61. The summed E-state index contributed by atoms with van der Waals surface area (Å²) in [6.45, 7) is 2.08. The molecular formula is C26H24ClFN4O3S. The maximum atomic E-state index is 13.3. The van der Waals surface area contributed by atoms with Crippen molar-refractivity contribution in [2.24, 2.45) is 0 Å². The molecule has 0 radical (unpaired) electrons. The fraction of sp³-hybridized carbons (Fsp3) is 0.192. The largest absolute Gasteiger partial charge is 0.497 e. The van der Waals surface area contributed by atoms with Gasteiger partial charge in [0.1, 0.15) is 17.3 Å². The van der Waals surface area contributed by atoms with Crippen LogP contribution in [0.2, 0.25) is 5.02 Å². The van der Waals surface area contributed by atoms with E-state index >= 15 is 0 Å². The number of carbonyl (C=O) groups is 1. The number of benzene rings is 3. The summed E-state index contributed by atoms with van der Waals surface area (Å²) in [5.41, 5.74) is 3.09. The minimum absolute atomic E-state index is 0.115. The van der Waals surface area contributed by atoms with Crippen LogP contribution in [0.1, 0.15) is 27.3 Å². The lowest BCUT2D eigenvalue weighted by atomic mass is 10.1. The Labute approximate surface area is 217 Å². The third-order valence-electron chi connectivity index (χ3n) is 5.45. The van der Waals surface area contributed by atoms with E-state index in [4.69, 9.17) is 21.1 Å². The highest BCUT2D eigenvalue weighted by molar-refractivity contribution is 7.98. The summed E-state index contributed by atoms with van der Waals surface area (Å²) in [5, 5.41) is 12.8. The molecule has 0 unspecified atom stereocenters. The molecule has 0 aliphatic rings. The van der Waals surface area contributed by atoms with Crippen molar-refractivity contribution in [1.29, 1.82) is 0 Å². The molecule has 0 aliphatic carbocycles. The van der Waals surface area contributed by atoms with E-state index in [0.29, 0.717) is 38.8 Å². The van der Waals surface area contributed by atoms with Crippen LogP contribution < -0.4 is 14.8 Å². The van der Waals surface area contributed by atoms with Crippen molar-refractivity contribution in [3.63, 3.8) is 0 Å². The number of carbonyl (C=O) groups excluding carboxylic acids is 1. The molecule has 1 amide bonds. The van der Waals surface area contributed by atoms with Gasteiger partial charge in [0.05, 0.1) is 32.0 Å². The number of amides is 1. The van der Waals surface area contributed by atoms with Gasteiger partial charge >= 0.3 is 0 Å². The van der Waals surface area contributed by atoms with Crippen LogP contribution in [-0.2, 0) is 12.3 Å². The van der Waals surface area contributed by atoms with Gasteiger partial charge in [-0.2, -0.15) is 0 Å². The first-order valence-corrected chi connectivity index (χ1v) is 12.3. The summed E-state index contributed by atoms with van der Waals surface area (Å²) >= 11 is 7.76. The maximum absolute atomic E-state index is 13.3. The number of rotatable bonds is 9. The maximum Gasteiger partial charge on any atom is 0.255 e. The Morgan fingerprint density at radius 2 is 1.83 bits per heavy atom. The van der Waals surface area contributed by atoms with E-state index in [0.717, 1.165) is 16.8 Å². The van der Waals surface area contributed by atoms with E-state index in [2.05, 4.69) is 15.5 Å². The Morgan fingerprint density at radius 3 is 2.56 bits per heavy atom. The highest BCUT2D eigenvalue weighted by Gasteiger charge is 2.19. The van der Waals surface area contributed by atoms with Crippen molar-refractivity contribution in [2.75, 3.05) is 14.2 Å². The molecule has 186 valence electrons. The fourth-order valence-corrected chi connectivity index (χ4v) is 4.63. The summed E-state index contributed by atoms with van der Waals surface area (Å²) in [7, 11) is 3.04. The lowest BCUT2D eigenvalue weighted by Gasteiger charge is -2.14. The lowest BCUT2D eigenvalue weighted by Crippen LogP contribution is -2.25. The molecule has 0 saturated carbocycles. The van der Waals surface area contributed by atoms with E-state index in [-0.39, 0.29) is 18.3 Å². The third kappa shape index (κ3) is 5.80. The number of halogens is 2. The van der Waals surface area contributed by atoms with Crippen molar-refractivity contribution in [3.8, 4) is 17.2 Å². The van der Waals surface area contributed by atoms with Crippen LogP contribution in [0.25, 0.3) is 5.69 Å². The quantitative estimate of drug-likeness (QED) is 0.286. The molecule has 7 nitrogen and oxygen atoms in total. The molecule has 10 heteroatoms. The van der Waals surface area contributed by atoms with Gasteiger partial charge in [0.25, 0.3) is 5.91 Å². The monoisotopic (exact) mass is 526 g/mol. The molecule has 36 heavy (non-hydrogen) atoms. The lowest BCUT2D eigenvalue weighted by molar-refractivity contribution is 0.0946. The molecule has 0 atom stereocenters. The molecule has 0 saturated heterocycles. The normalized spacial score (nSPS) is 10.8. The average molecular weight is 527 g/mol. The first-order valence-electron chi connectivity index (χ1n) is 11.0. The molecule has 4 rings (SSSR count). The van der Waals surface area contributed by atoms with E-state index in [1.54, 1.807) is 37.4 Å². The molecule has 0 fully saturated rings. The standard InChI is InChI=1S/C26H24ClFN4O3S/c1-16-4-7-18(27)12-22(16)32-24(30-31-26(32)36-15-17-5-8-19(28)9-6-17)14-29-25(33)21-11-10-20(34-2)13-23(21)35-3/h4-13H,14-15H2,1-3H3,(H,29,33). The van der Waals surface area contributed by atoms with Gasteiger partial charge in [-0.1, -0.05) is 41.6 Å². The van der Waals surface area contributed by atoms with E-state index in [1.165, 1.54) is 31.0 Å².